The van der Waals surface area contributed by atoms with Gasteiger partial charge in [0.05, 0.1) is 6.61 Å². The molecule has 0 fully saturated rings. The summed E-state index contributed by atoms with van der Waals surface area (Å²) in [6.07, 6.45) is 1.46. The fourth-order valence-corrected chi connectivity index (χ4v) is 2.28. The van der Waals surface area contributed by atoms with Crippen molar-refractivity contribution in [1.29, 1.82) is 0 Å². The van der Waals surface area contributed by atoms with E-state index in [4.69, 9.17) is 16.7 Å². The zero-order valence-corrected chi connectivity index (χ0v) is 10.9. The number of sulfonamides is 1. The molecule has 0 aromatic heterocycles. The highest BCUT2D eigenvalue weighted by atomic mass is 35.5. The number of hydrogen-bond donors (Lipinski definition) is 2. The Balaban J connectivity index is 2.73. The summed E-state index contributed by atoms with van der Waals surface area (Å²) >= 11 is 5.71. The number of aliphatic hydroxyl groups is 1. The molecule has 1 atom stereocenters. The Morgan fingerprint density at radius 2 is 2.00 bits per heavy atom. The molecule has 94 valence electrons. The van der Waals surface area contributed by atoms with Crippen LogP contribution in [0.15, 0.2) is 29.7 Å². The molecular weight excluding hydrogens is 262 g/mol. The Hall–Kier alpha value is -0.880. The molecule has 0 unspecified atom stereocenters. The third-order valence-electron chi connectivity index (χ3n) is 1.95. The van der Waals surface area contributed by atoms with E-state index in [1.807, 2.05) is 0 Å². The second-order valence-electron chi connectivity index (χ2n) is 3.60. The Bertz CT molecular complexity index is 482. The summed E-state index contributed by atoms with van der Waals surface area (Å²) in [4.78, 5) is 0. The molecule has 0 aliphatic carbocycles. The smallest absolute Gasteiger partial charge is 0.234 e. The summed E-state index contributed by atoms with van der Waals surface area (Å²) in [5.41, 5.74) is 0.733. The van der Waals surface area contributed by atoms with Gasteiger partial charge in [0.15, 0.2) is 0 Å². The van der Waals surface area contributed by atoms with E-state index in [2.05, 4.69) is 4.72 Å². The Labute approximate surface area is 106 Å². The maximum atomic E-state index is 11.5. The van der Waals surface area contributed by atoms with Gasteiger partial charge in [-0.15, -0.1) is 0 Å². The molecule has 0 amide bonds. The second kappa shape index (κ2) is 6.16. The van der Waals surface area contributed by atoms with Gasteiger partial charge in [-0.05, 0) is 30.7 Å². The quantitative estimate of drug-likeness (QED) is 0.858. The van der Waals surface area contributed by atoms with E-state index >= 15 is 0 Å². The average molecular weight is 276 g/mol. The van der Waals surface area contributed by atoms with E-state index in [1.165, 1.54) is 6.08 Å². The molecule has 0 aliphatic heterocycles. The summed E-state index contributed by atoms with van der Waals surface area (Å²) in [5, 5.41) is 10.4. The second-order valence-corrected chi connectivity index (χ2v) is 5.64. The molecule has 0 heterocycles. The molecule has 1 rings (SSSR count). The average Bonchev–Trinajstić information content (AvgIpc) is 2.28. The summed E-state index contributed by atoms with van der Waals surface area (Å²) in [5.74, 6) is 0. The Morgan fingerprint density at radius 3 is 2.53 bits per heavy atom. The van der Waals surface area contributed by atoms with Crippen LogP contribution in [0.5, 0.6) is 0 Å². The molecule has 0 spiro atoms. The first-order valence-corrected chi connectivity index (χ1v) is 6.92. The van der Waals surface area contributed by atoms with E-state index in [-0.39, 0.29) is 6.61 Å². The lowest BCUT2D eigenvalue weighted by atomic mass is 10.2. The number of aliphatic hydroxyl groups excluding tert-OH is 1. The van der Waals surface area contributed by atoms with Crippen LogP contribution in [0, 0.1) is 0 Å². The zero-order valence-electron chi connectivity index (χ0n) is 9.30. The fourth-order valence-electron chi connectivity index (χ4n) is 1.10. The molecule has 0 aliphatic rings. The fraction of sp³-hybridized carbons (Fsp3) is 0.273. The van der Waals surface area contributed by atoms with Crippen molar-refractivity contribution >= 4 is 27.7 Å². The molecule has 0 saturated carbocycles. The number of benzene rings is 1. The van der Waals surface area contributed by atoms with Crippen molar-refractivity contribution in [1.82, 2.24) is 4.72 Å². The molecule has 17 heavy (non-hydrogen) atoms. The van der Waals surface area contributed by atoms with Gasteiger partial charge in [-0.3, -0.25) is 0 Å². The first kappa shape index (κ1) is 14.2. The monoisotopic (exact) mass is 275 g/mol. The van der Waals surface area contributed by atoms with Gasteiger partial charge in [0.25, 0.3) is 0 Å². The molecule has 0 radical (unpaired) electrons. The lowest BCUT2D eigenvalue weighted by Gasteiger charge is -2.07. The summed E-state index contributed by atoms with van der Waals surface area (Å²) in [7, 11) is -3.52. The number of halogens is 1. The minimum absolute atomic E-state index is 0.242. The van der Waals surface area contributed by atoms with Crippen LogP contribution in [-0.4, -0.2) is 26.2 Å². The van der Waals surface area contributed by atoms with Crippen LogP contribution < -0.4 is 4.72 Å². The van der Waals surface area contributed by atoms with Gasteiger partial charge in [-0.2, -0.15) is 0 Å². The van der Waals surface area contributed by atoms with Crippen LogP contribution >= 0.6 is 11.6 Å². The SMILES string of the molecule is C[C@@H](CO)NS(=O)(=O)C=Cc1ccc(Cl)cc1. The first-order chi connectivity index (χ1) is 7.93. The number of hydrogen-bond acceptors (Lipinski definition) is 3. The van der Waals surface area contributed by atoms with Crippen molar-refractivity contribution in [2.24, 2.45) is 0 Å². The van der Waals surface area contributed by atoms with E-state index in [9.17, 15) is 8.42 Å². The van der Waals surface area contributed by atoms with Crippen LogP contribution in [0.1, 0.15) is 12.5 Å². The third kappa shape index (κ3) is 5.32. The highest BCUT2D eigenvalue weighted by molar-refractivity contribution is 7.92. The van der Waals surface area contributed by atoms with Gasteiger partial charge in [-0.1, -0.05) is 23.7 Å². The van der Waals surface area contributed by atoms with Crippen molar-refractivity contribution in [3.8, 4) is 0 Å². The van der Waals surface area contributed by atoms with Crippen molar-refractivity contribution in [2.45, 2.75) is 13.0 Å². The van der Waals surface area contributed by atoms with Crippen LogP contribution in [0.25, 0.3) is 6.08 Å². The number of nitrogens with one attached hydrogen (secondary N) is 1. The van der Waals surface area contributed by atoms with E-state index in [1.54, 1.807) is 31.2 Å². The zero-order chi connectivity index (χ0) is 12.9. The van der Waals surface area contributed by atoms with Crippen molar-refractivity contribution in [3.63, 3.8) is 0 Å². The van der Waals surface area contributed by atoms with Crippen LogP contribution in [-0.2, 0) is 10.0 Å². The van der Waals surface area contributed by atoms with Crippen molar-refractivity contribution in [3.05, 3.63) is 40.3 Å². The lowest BCUT2D eigenvalue weighted by molar-refractivity contribution is 0.265. The largest absolute Gasteiger partial charge is 0.395 e. The topological polar surface area (TPSA) is 66.4 Å². The maximum Gasteiger partial charge on any atom is 0.234 e. The predicted octanol–water partition coefficient (Wildman–Crippen LogP) is 1.61. The molecule has 0 saturated heterocycles. The standard InChI is InChI=1S/C11H14ClNO3S/c1-9(8-14)13-17(15,16)7-6-10-2-4-11(12)5-3-10/h2-7,9,13-14H,8H2,1H3/t9-/m0/s1. The molecule has 0 bridgehead atoms. The van der Waals surface area contributed by atoms with E-state index in [0.29, 0.717) is 5.02 Å². The molecule has 2 N–H and O–H groups in total. The van der Waals surface area contributed by atoms with Gasteiger partial charge in [0, 0.05) is 16.5 Å². The maximum absolute atomic E-state index is 11.5. The minimum Gasteiger partial charge on any atom is -0.395 e. The normalized spacial score (nSPS) is 14.1. The highest BCUT2D eigenvalue weighted by Crippen LogP contribution is 2.11. The predicted molar refractivity (Wildman–Crippen MR) is 69.1 cm³/mol. The first-order valence-electron chi connectivity index (χ1n) is 5.00. The highest BCUT2D eigenvalue weighted by Gasteiger charge is 2.09. The van der Waals surface area contributed by atoms with E-state index in [0.717, 1.165) is 11.0 Å². The van der Waals surface area contributed by atoms with Crippen LogP contribution in [0.2, 0.25) is 5.02 Å². The van der Waals surface area contributed by atoms with Gasteiger partial charge >= 0.3 is 0 Å². The molecule has 4 nitrogen and oxygen atoms in total. The Kier molecular flexibility index (Phi) is 5.14. The van der Waals surface area contributed by atoms with E-state index < -0.39 is 16.1 Å². The van der Waals surface area contributed by atoms with Crippen LogP contribution in [0.3, 0.4) is 0 Å². The Morgan fingerprint density at radius 1 is 1.41 bits per heavy atom. The summed E-state index contributed by atoms with van der Waals surface area (Å²) < 4.78 is 25.3. The van der Waals surface area contributed by atoms with Gasteiger partial charge < -0.3 is 5.11 Å². The summed E-state index contributed by atoms with van der Waals surface area (Å²) in [6.45, 7) is 1.34. The lowest BCUT2D eigenvalue weighted by Crippen LogP contribution is -2.33. The minimum atomic E-state index is -3.52. The molecule has 1 aromatic carbocycles. The molecular formula is C11H14ClNO3S. The summed E-state index contributed by atoms with van der Waals surface area (Å²) in [6, 6.07) is 6.28. The number of rotatable bonds is 5. The third-order valence-corrected chi connectivity index (χ3v) is 3.43. The molecule has 1 aromatic rings. The van der Waals surface area contributed by atoms with Gasteiger partial charge in [0.2, 0.25) is 10.0 Å². The van der Waals surface area contributed by atoms with Crippen LogP contribution in [0.4, 0.5) is 0 Å². The van der Waals surface area contributed by atoms with Gasteiger partial charge in [0.1, 0.15) is 0 Å². The van der Waals surface area contributed by atoms with Gasteiger partial charge in [-0.25, -0.2) is 13.1 Å². The van der Waals surface area contributed by atoms with Crippen molar-refractivity contribution < 1.29 is 13.5 Å². The molecule has 6 heteroatoms. The van der Waals surface area contributed by atoms with Crippen molar-refractivity contribution in [2.75, 3.05) is 6.61 Å².